The highest BCUT2D eigenvalue weighted by atomic mass is 16.2. The Morgan fingerprint density at radius 2 is 2.17 bits per heavy atom. The van der Waals surface area contributed by atoms with Crippen LogP contribution in [0.25, 0.3) is 0 Å². The van der Waals surface area contributed by atoms with E-state index in [1.54, 1.807) is 24.4 Å². The molecule has 4 amide bonds. The second-order valence-electron chi connectivity index (χ2n) is 3.65. The number of H-pyrrole nitrogens is 1. The standard InChI is InChI=1S/C11H12N4O3/c16-9(7-3-1-5-12-7)13-6-2-4-8-10(17)15-11(18)14-8/h1,3-5,12H,2,6H2,(H,13,16)(H2,14,15,17,18)/b8-4+. The second kappa shape index (κ2) is 5.17. The first-order chi connectivity index (χ1) is 8.66. The lowest BCUT2D eigenvalue weighted by molar-refractivity contribution is -0.115. The SMILES string of the molecule is O=C1NC(=O)/C(=C\CCNC(=O)c2ccc[nH]2)N1. The maximum absolute atomic E-state index is 11.5. The van der Waals surface area contributed by atoms with Gasteiger partial charge in [0.25, 0.3) is 11.8 Å². The highest BCUT2D eigenvalue weighted by Crippen LogP contribution is 1.99. The van der Waals surface area contributed by atoms with Crippen LogP contribution in [0, 0.1) is 0 Å². The Hall–Kier alpha value is -2.57. The first kappa shape index (κ1) is 11.9. The summed E-state index contributed by atoms with van der Waals surface area (Å²) in [5.41, 5.74) is 0.698. The van der Waals surface area contributed by atoms with Crippen LogP contribution in [0.2, 0.25) is 0 Å². The van der Waals surface area contributed by atoms with Gasteiger partial charge < -0.3 is 15.6 Å². The number of hydrogen-bond acceptors (Lipinski definition) is 3. The fourth-order valence-corrected chi connectivity index (χ4v) is 1.49. The van der Waals surface area contributed by atoms with Crippen LogP contribution < -0.4 is 16.0 Å². The van der Waals surface area contributed by atoms with Crippen LogP contribution in [-0.4, -0.2) is 29.4 Å². The Labute approximate surface area is 103 Å². The Morgan fingerprint density at radius 1 is 1.33 bits per heavy atom. The van der Waals surface area contributed by atoms with Gasteiger partial charge in [-0.05, 0) is 18.6 Å². The molecular formula is C11H12N4O3. The molecule has 2 heterocycles. The van der Waals surface area contributed by atoms with Gasteiger partial charge in [-0.2, -0.15) is 0 Å². The van der Waals surface area contributed by atoms with Gasteiger partial charge in [0.1, 0.15) is 11.4 Å². The topological polar surface area (TPSA) is 103 Å². The van der Waals surface area contributed by atoms with E-state index in [1.807, 2.05) is 0 Å². The molecule has 18 heavy (non-hydrogen) atoms. The summed E-state index contributed by atoms with van der Waals surface area (Å²) < 4.78 is 0. The van der Waals surface area contributed by atoms with Crippen molar-refractivity contribution in [1.82, 2.24) is 20.9 Å². The Balaban J connectivity index is 1.76. The highest BCUT2D eigenvalue weighted by Gasteiger charge is 2.22. The van der Waals surface area contributed by atoms with E-state index in [9.17, 15) is 14.4 Å². The average molecular weight is 248 g/mol. The van der Waals surface area contributed by atoms with Gasteiger partial charge in [-0.15, -0.1) is 0 Å². The number of aromatic amines is 1. The molecule has 1 aromatic heterocycles. The molecule has 1 aliphatic rings. The first-order valence-electron chi connectivity index (χ1n) is 5.41. The third kappa shape index (κ3) is 2.76. The second-order valence-corrected chi connectivity index (χ2v) is 3.65. The van der Waals surface area contributed by atoms with Gasteiger partial charge in [-0.25, -0.2) is 4.79 Å². The van der Waals surface area contributed by atoms with Crippen molar-refractivity contribution in [2.45, 2.75) is 6.42 Å². The molecule has 0 aromatic carbocycles. The van der Waals surface area contributed by atoms with E-state index < -0.39 is 11.9 Å². The fourth-order valence-electron chi connectivity index (χ4n) is 1.49. The van der Waals surface area contributed by atoms with E-state index in [-0.39, 0.29) is 11.6 Å². The van der Waals surface area contributed by atoms with Crippen LogP contribution in [0.15, 0.2) is 30.1 Å². The molecule has 0 bridgehead atoms. The maximum Gasteiger partial charge on any atom is 0.326 e. The summed E-state index contributed by atoms with van der Waals surface area (Å²) >= 11 is 0. The smallest absolute Gasteiger partial charge is 0.326 e. The van der Waals surface area contributed by atoms with E-state index in [0.717, 1.165) is 0 Å². The molecule has 2 rings (SSSR count). The number of hydrogen-bond donors (Lipinski definition) is 4. The van der Waals surface area contributed by atoms with Crippen molar-refractivity contribution in [1.29, 1.82) is 0 Å². The number of urea groups is 1. The summed E-state index contributed by atoms with van der Waals surface area (Å²) in [6.45, 7) is 0.379. The summed E-state index contributed by atoms with van der Waals surface area (Å²) in [7, 11) is 0. The predicted molar refractivity (Wildman–Crippen MR) is 62.5 cm³/mol. The van der Waals surface area contributed by atoms with E-state index in [2.05, 4.69) is 20.9 Å². The van der Waals surface area contributed by atoms with Crippen molar-refractivity contribution in [3.8, 4) is 0 Å². The van der Waals surface area contributed by atoms with Crippen molar-refractivity contribution >= 4 is 17.8 Å². The minimum Gasteiger partial charge on any atom is -0.357 e. The van der Waals surface area contributed by atoms with Gasteiger partial charge in [0.05, 0.1) is 0 Å². The van der Waals surface area contributed by atoms with Crippen molar-refractivity contribution in [3.63, 3.8) is 0 Å². The molecular weight excluding hydrogens is 236 g/mol. The highest BCUT2D eigenvalue weighted by molar-refractivity contribution is 6.11. The number of nitrogens with one attached hydrogen (secondary N) is 4. The zero-order chi connectivity index (χ0) is 13.0. The van der Waals surface area contributed by atoms with E-state index in [4.69, 9.17) is 0 Å². The fraction of sp³-hybridized carbons (Fsp3) is 0.182. The molecule has 0 spiro atoms. The quantitative estimate of drug-likeness (QED) is 0.338. The van der Waals surface area contributed by atoms with E-state index in [0.29, 0.717) is 18.7 Å². The first-order valence-corrected chi connectivity index (χ1v) is 5.41. The summed E-state index contributed by atoms with van der Waals surface area (Å²) in [6.07, 6.45) is 3.68. The zero-order valence-electron chi connectivity index (χ0n) is 9.45. The minimum absolute atomic E-state index is 0.210. The van der Waals surface area contributed by atoms with Crippen LogP contribution in [-0.2, 0) is 4.79 Å². The van der Waals surface area contributed by atoms with Crippen LogP contribution in [0.4, 0.5) is 4.79 Å². The molecule has 1 saturated heterocycles. The lowest BCUT2D eigenvalue weighted by atomic mass is 10.3. The summed E-state index contributed by atoms with van der Waals surface area (Å²) in [5.74, 6) is -0.658. The molecule has 7 nitrogen and oxygen atoms in total. The molecule has 0 unspecified atom stereocenters. The van der Waals surface area contributed by atoms with Gasteiger partial charge in [0, 0.05) is 12.7 Å². The van der Waals surface area contributed by atoms with Crippen molar-refractivity contribution < 1.29 is 14.4 Å². The summed E-state index contributed by atoms with van der Waals surface area (Å²) in [6, 6.07) is 2.87. The molecule has 7 heteroatoms. The zero-order valence-corrected chi connectivity index (χ0v) is 9.45. The summed E-state index contributed by atoms with van der Waals surface area (Å²) in [4.78, 5) is 36.2. The van der Waals surface area contributed by atoms with Crippen molar-refractivity contribution in [2.75, 3.05) is 6.54 Å². The normalized spacial score (nSPS) is 16.6. The monoisotopic (exact) mass is 248 g/mol. The molecule has 0 aliphatic carbocycles. The third-order valence-electron chi connectivity index (χ3n) is 2.34. The predicted octanol–water partition coefficient (Wildman–Crippen LogP) is -0.142. The van der Waals surface area contributed by atoms with Crippen LogP contribution in [0.5, 0.6) is 0 Å². The minimum atomic E-state index is -0.526. The number of rotatable bonds is 4. The Bertz CT molecular complexity index is 504. The summed E-state index contributed by atoms with van der Waals surface area (Å²) in [5, 5.41) is 7.13. The van der Waals surface area contributed by atoms with Gasteiger partial charge in [-0.1, -0.05) is 6.08 Å². The lowest BCUT2D eigenvalue weighted by Gasteiger charge is -2.01. The van der Waals surface area contributed by atoms with Crippen LogP contribution >= 0.6 is 0 Å². The van der Waals surface area contributed by atoms with E-state index in [1.165, 1.54) is 0 Å². The molecule has 0 saturated carbocycles. The molecule has 94 valence electrons. The van der Waals surface area contributed by atoms with Crippen LogP contribution in [0.1, 0.15) is 16.9 Å². The Kier molecular flexibility index (Phi) is 3.42. The number of carbonyl (C=O) groups excluding carboxylic acids is 3. The van der Waals surface area contributed by atoms with Crippen molar-refractivity contribution in [2.24, 2.45) is 0 Å². The van der Waals surface area contributed by atoms with Gasteiger partial charge in [-0.3, -0.25) is 14.9 Å². The largest absolute Gasteiger partial charge is 0.357 e. The number of amides is 4. The maximum atomic E-state index is 11.5. The molecule has 0 radical (unpaired) electrons. The lowest BCUT2D eigenvalue weighted by Crippen LogP contribution is -2.24. The van der Waals surface area contributed by atoms with Crippen molar-refractivity contribution in [3.05, 3.63) is 35.8 Å². The molecule has 1 fully saturated rings. The molecule has 1 aromatic rings. The van der Waals surface area contributed by atoms with Gasteiger partial charge in [0.2, 0.25) is 0 Å². The van der Waals surface area contributed by atoms with Gasteiger partial charge >= 0.3 is 6.03 Å². The number of carbonyl (C=O) groups is 3. The number of aromatic nitrogens is 1. The molecule has 0 atom stereocenters. The average Bonchev–Trinajstić information content (AvgIpc) is 2.94. The molecule has 1 aliphatic heterocycles. The number of imide groups is 1. The molecule has 4 N–H and O–H groups in total. The Morgan fingerprint density at radius 3 is 2.78 bits per heavy atom. The van der Waals surface area contributed by atoms with E-state index >= 15 is 0 Å². The van der Waals surface area contributed by atoms with Crippen LogP contribution in [0.3, 0.4) is 0 Å². The third-order valence-corrected chi connectivity index (χ3v) is 2.34. The van der Waals surface area contributed by atoms with Gasteiger partial charge in [0.15, 0.2) is 0 Å².